The molecule has 0 saturated carbocycles. The molecule has 3 aliphatic rings. The van der Waals surface area contributed by atoms with E-state index < -0.39 is 34.2 Å². The fourth-order valence-electron chi connectivity index (χ4n) is 6.20. The van der Waals surface area contributed by atoms with E-state index in [1.807, 2.05) is 35.2 Å². The van der Waals surface area contributed by atoms with Crippen molar-refractivity contribution in [2.45, 2.75) is 31.2 Å². The van der Waals surface area contributed by atoms with Crippen LogP contribution in [0.3, 0.4) is 0 Å². The van der Waals surface area contributed by atoms with E-state index in [9.17, 15) is 24.5 Å². The molecular formula is C28H23ClN4O5. The third-order valence-corrected chi connectivity index (χ3v) is 8.25. The molecule has 2 saturated heterocycles. The van der Waals surface area contributed by atoms with E-state index in [0.717, 1.165) is 22.6 Å². The van der Waals surface area contributed by atoms with E-state index in [0.29, 0.717) is 23.6 Å². The number of nitro benzene ring substituents is 1. The van der Waals surface area contributed by atoms with Gasteiger partial charge in [-0.2, -0.15) is 0 Å². The first-order valence-electron chi connectivity index (χ1n) is 12.3. The number of halogens is 1. The van der Waals surface area contributed by atoms with Gasteiger partial charge in [-0.3, -0.25) is 25.0 Å². The second kappa shape index (κ2) is 8.95. The maximum absolute atomic E-state index is 14.4. The van der Waals surface area contributed by atoms with Gasteiger partial charge in [-0.1, -0.05) is 41.9 Å². The van der Waals surface area contributed by atoms with E-state index in [1.165, 1.54) is 12.1 Å². The largest absolute Gasteiger partial charge is 0.367 e. The molecule has 38 heavy (non-hydrogen) atoms. The van der Waals surface area contributed by atoms with Crippen LogP contribution in [0.5, 0.6) is 0 Å². The number of urea groups is 1. The van der Waals surface area contributed by atoms with Crippen molar-refractivity contribution in [1.29, 1.82) is 0 Å². The van der Waals surface area contributed by atoms with Crippen molar-refractivity contribution >= 4 is 46.5 Å². The van der Waals surface area contributed by atoms with E-state index in [4.69, 9.17) is 11.6 Å². The van der Waals surface area contributed by atoms with Gasteiger partial charge >= 0.3 is 6.03 Å². The fraction of sp³-hybridized carbons (Fsp3) is 0.250. The van der Waals surface area contributed by atoms with E-state index in [1.54, 1.807) is 30.3 Å². The molecule has 9 nitrogen and oxygen atoms in total. The predicted octanol–water partition coefficient (Wildman–Crippen LogP) is 4.83. The number of nitro groups is 1. The summed E-state index contributed by atoms with van der Waals surface area (Å²) in [6.07, 6.45) is 1.22. The highest BCUT2D eigenvalue weighted by Gasteiger charge is 2.63. The highest BCUT2D eigenvalue weighted by molar-refractivity contribution is 6.32. The molecule has 2 fully saturated rings. The number of benzene rings is 3. The summed E-state index contributed by atoms with van der Waals surface area (Å²) < 4.78 is 0. The Labute approximate surface area is 223 Å². The Morgan fingerprint density at radius 1 is 1.00 bits per heavy atom. The first-order chi connectivity index (χ1) is 18.3. The number of rotatable bonds is 3. The van der Waals surface area contributed by atoms with Gasteiger partial charge in [0.25, 0.3) is 11.6 Å². The number of non-ortho nitro benzene ring substituents is 1. The van der Waals surface area contributed by atoms with Gasteiger partial charge in [-0.25, -0.2) is 9.69 Å². The molecule has 3 aliphatic heterocycles. The van der Waals surface area contributed by atoms with Crippen molar-refractivity contribution in [1.82, 2.24) is 5.32 Å². The maximum Gasteiger partial charge on any atom is 0.335 e. The van der Waals surface area contributed by atoms with Crippen molar-refractivity contribution in [3.8, 4) is 0 Å². The van der Waals surface area contributed by atoms with Gasteiger partial charge in [-0.15, -0.1) is 0 Å². The smallest absolute Gasteiger partial charge is 0.335 e. The molecule has 1 spiro atoms. The number of imide groups is 2. The fourth-order valence-corrected chi connectivity index (χ4v) is 6.33. The molecule has 3 atom stereocenters. The molecular weight excluding hydrogens is 508 g/mol. The van der Waals surface area contributed by atoms with E-state index in [2.05, 4.69) is 5.32 Å². The van der Waals surface area contributed by atoms with Crippen LogP contribution >= 0.6 is 11.6 Å². The van der Waals surface area contributed by atoms with Crippen LogP contribution in [-0.4, -0.2) is 35.4 Å². The molecule has 0 aliphatic carbocycles. The zero-order chi connectivity index (χ0) is 26.6. The highest BCUT2D eigenvalue weighted by atomic mass is 35.5. The van der Waals surface area contributed by atoms with Crippen LogP contribution in [0.4, 0.5) is 21.9 Å². The van der Waals surface area contributed by atoms with E-state index in [-0.39, 0.29) is 23.7 Å². The van der Waals surface area contributed by atoms with E-state index >= 15 is 0 Å². The Morgan fingerprint density at radius 2 is 1.74 bits per heavy atom. The number of barbiturate groups is 1. The second-order valence-corrected chi connectivity index (χ2v) is 10.4. The number of fused-ring (bicyclic) bond motifs is 4. The maximum atomic E-state index is 14.4. The predicted molar refractivity (Wildman–Crippen MR) is 141 cm³/mol. The van der Waals surface area contributed by atoms with Crippen LogP contribution in [0, 0.1) is 15.5 Å². The van der Waals surface area contributed by atoms with Crippen LogP contribution in [0.1, 0.15) is 29.9 Å². The van der Waals surface area contributed by atoms with Gasteiger partial charge in [0.2, 0.25) is 5.91 Å². The minimum Gasteiger partial charge on any atom is -0.367 e. The second-order valence-electron chi connectivity index (χ2n) is 9.94. The zero-order valence-electron chi connectivity index (χ0n) is 20.2. The molecule has 4 amide bonds. The van der Waals surface area contributed by atoms with Gasteiger partial charge < -0.3 is 4.90 Å². The first-order valence-corrected chi connectivity index (χ1v) is 12.7. The molecule has 1 N–H and O–H groups in total. The number of piperidine rings is 1. The van der Waals surface area contributed by atoms with Gasteiger partial charge in [0.05, 0.1) is 16.7 Å². The molecule has 0 bridgehead atoms. The number of carbonyl (C=O) groups excluding carboxylic acids is 3. The highest BCUT2D eigenvalue weighted by Crippen LogP contribution is 2.51. The topological polar surface area (TPSA) is 113 Å². The summed E-state index contributed by atoms with van der Waals surface area (Å²) in [6.45, 7) is 0.548. The van der Waals surface area contributed by atoms with Crippen molar-refractivity contribution < 1.29 is 19.3 Å². The first kappa shape index (κ1) is 24.1. The summed E-state index contributed by atoms with van der Waals surface area (Å²) in [7, 11) is 0. The number of amides is 4. The Hall–Kier alpha value is -4.24. The quantitative estimate of drug-likeness (QED) is 0.295. The number of carbonyl (C=O) groups is 3. The zero-order valence-corrected chi connectivity index (χ0v) is 20.9. The molecule has 192 valence electrons. The summed E-state index contributed by atoms with van der Waals surface area (Å²) in [5.41, 5.74) is 0.923. The van der Waals surface area contributed by atoms with Crippen molar-refractivity contribution in [2.75, 3.05) is 16.3 Å². The summed E-state index contributed by atoms with van der Waals surface area (Å²) in [4.78, 5) is 55.2. The Bertz CT molecular complexity index is 1480. The summed E-state index contributed by atoms with van der Waals surface area (Å²) in [5, 5.41) is 14.4. The van der Waals surface area contributed by atoms with Gasteiger partial charge in [0, 0.05) is 35.8 Å². The lowest BCUT2D eigenvalue weighted by atomic mass is 9.64. The molecule has 3 heterocycles. The SMILES string of the molecule is O=C1NC(=O)[C@]2(Cc3cc([N+](=O)[O-])ccc3N3CC[C@H](c4ccccc4)C[C@H]32)C(=O)N1c1ccc(Cl)cc1. The van der Waals surface area contributed by atoms with Crippen molar-refractivity contribution in [3.63, 3.8) is 0 Å². The molecule has 0 aromatic heterocycles. The van der Waals surface area contributed by atoms with Crippen LogP contribution in [0.25, 0.3) is 0 Å². The molecule has 6 rings (SSSR count). The average Bonchev–Trinajstić information content (AvgIpc) is 2.92. The normalized spacial score (nSPS) is 24.6. The number of nitrogens with zero attached hydrogens (tertiary/aromatic N) is 3. The summed E-state index contributed by atoms with van der Waals surface area (Å²) in [6, 6.07) is 19.4. The number of hydrogen-bond donors (Lipinski definition) is 1. The monoisotopic (exact) mass is 530 g/mol. The standard InChI is InChI=1S/C28H23ClN4O5/c29-20-6-8-21(9-7-20)32-26(35)28(25(34)30-27(32)36)16-19-14-22(33(37)38)10-11-23(19)31-13-12-18(15-24(28)31)17-4-2-1-3-5-17/h1-11,14,18,24H,12-13,15-16H2,(H,30,34,36)/t18-,24-,28+/m0/s1. The summed E-state index contributed by atoms with van der Waals surface area (Å²) in [5.74, 6) is -1.23. The lowest BCUT2D eigenvalue weighted by molar-refractivity contribution is -0.384. The Balaban J connectivity index is 1.50. The van der Waals surface area contributed by atoms with Gasteiger partial charge in [0.1, 0.15) is 0 Å². The lowest BCUT2D eigenvalue weighted by Crippen LogP contribution is -2.73. The Kier molecular flexibility index (Phi) is 5.68. The third kappa shape index (κ3) is 3.65. The van der Waals surface area contributed by atoms with Crippen LogP contribution in [0.2, 0.25) is 5.02 Å². The molecule has 0 unspecified atom stereocenters. The van der Waals surface area contributed by atoms with Crippen LogP contribution < -0.4 is 15.1 Å². The number of anilines is 2. The Morgan fingerprint density at radius 3 is 2.45 bits per heavy atom. The molecule has 0 radical (unpaired) electrons. The van der Waals surface area contributed by atoms with Gasteiger partial charge in [0.15, 0.2) is 5.41 Å². The van der Waals surface area contributed by atoms with Crippen LogP contribution in [0.15, 0.2) is 72.8 Å². The number of hydrogen-bond acceptors (Lipinski definition) is 6. The molecule has 3 aromatic rings. The lowest BCUT2D eigenvalue weighted by Gasteiger charge is -2.54. The van der Waals surface area contributed by atoms with Gasteiger partial charge in [-0.05, 0) is 60.2 Å². The third-order valence-electron chi connectivity index (χ3n) is 7.99. The molecule has 10 heteroatoms. The minimum absolute atomic E-state index is 0.0608. The van der Waals surface area contributed by atoms with Crippen molar-refractivity contribution in [3.05, 3.63) is 99.1 Å². The molecule has 3 aromatic carbocycles. The summed E-state index contributed by atoms with van der Waals surface area (Å²) >= 11 is 6.03. The average molecular weight is 531 g/mol. The minimum atomic E-state index is -1.66. The number of nitrogens with one attached hydrogen (secondary N) is 1. The van der Waals surface area contributed by atoms with Crippen molar-refractivity contribution in [2.24, 2.45) is 5.41 Å². The van der Waals surface area contributed by atoms with Crippen LogP contribution in [-0.2, 0) is 16.0 Å².